The highest BCUT2D eigenvalue weighted by atomic mass is 16.5. The highest BCUT2D eigenvalue weighted by molar-refractivity contribution is 5.81. The second kappa shape index (κ2) is 7.29. The van der Waals surface area contributed by atoms with Gasteiger partial charge in [0.05, 0.1) is 13.2 Å². The predicted octanol–water partition coefficient (Wildman–Crippen LogP) is 1.88. The van der Waals surface area contributed by atoms with Gasteiger partial charge >= 0.3 is 0 Å². The number of carbonyl (C=O) groups is 1. The molecule has 0 bridgehead atoms. The van der Waals surface area contributed by atoms with Crippen molar-refractivity contribution < 1.29 is 9.53 Å². The van der Waals surface area contributed by atoms with Gasteiger partial charge in [-0.1, -0.05) is 18.2 Å². The molecule has 2 rings (SSSR count). The van der Waals surface area contributed by atoms with E-state index in [0.29, 0.717) is 0 Å². The lowest BCUT2D eigenvalue weighted by molar-refractivity contribution is -0.123. The van der Waals surface area contributed by atoms with Gasteiger partial charge in [-0.05, 0) is 44.2 Å². The summed E-state index contributed by atoms with van der Waals surface area (Å²) in [5.74, 6) is 1.04. The molecule has 1 saturated heterocycles. The van der Waals surface area contributed by atoms with E-state index in [2.05, 4.69) is 23.6 Å². The molecule has 1 fully saturated rings. The molecule has 2 N–H and O–H groups in total. The number of benzene rings is 1. The molecule has 1 amide bonds. The van der Waals surface area contributed by atoms with Gasteiger partial charge in [-0.15, -0.1) is 0 Å². The minimum atomic E-state index is -0.0674. The van der Waals surface area contributed by atoms with Crippen LogP contribution in [0.3, 0.4) is 0 Å². The lowest BCUT2D eigenvalue weighted by atomic mass is 10.0. The van der Waals surface area contributed by atoms with Gasteiger partial charge in [0.2, 0.25) is 5.91 Å². The molecule has 4 nitrogen and oxygen atoms in total. The van der Waals surface area contributed by atoms with Crippen molar-refractivity contribution in [3.8, 4) is 5.75 Å². The highest BCUT2D eigenvalue weighted by Crippen LogP contribution is 2.19. The van der Waals surface area contributed by atoms with Gasteiger partial charge < -0.3 is 15.4 Å². The zero-order valence-electron chi connectivity index (χ0n) is 12.3. The third-order valence-corrected chi connectivity index (χ3v) is 3.74. The maximum Gasteiger partial charge on any atom is 0.237 e. The van der Waals surface area contributed by atoms with E-state index in [1.54, 1.807) is 7.11 Å². The summed E-state index contributed by atoms with van der Waals surface area (Å²) in [7, 11) is 1.69. The summed E-state index contributed by atoms with van der Waals surface area (Å²) in [6.07, 6.45) is 3.94. The number of para-hydroxylation sites is 1. The van der Waals surface area contributed by atoms with Crippen LogP contribution in [0.2, 0.25) is 0 Å². The first-order chi connectivity index (χ1) is 9.70. The van der Waals surface area contributed by atoms with Crippen molar-refractivity contribution in [3.05, 3.63) is 29.8 Å². The summed E-state index contributed by atoms with van der Waals surface area (Å²) in [5.41, 5.74) is 1.17. The fourth-order valence-corrected chi connectivity index (χ4v) is 2.70. The SMILES string of the molecule is COc1ccccc1C[C@@H](C)N[C@@H]1CCCCNC1=O. The van der Waals surface area contributed by atoms with Crippen LogP contribution >= 0.6 is 0 Å². The largest absolute Gasteiger partial charge is 0.496 e. The number of carbonyl (C=O) groups excluding carboxylic acids is 1. The molecule has 1 aliphatic heterocycles. The molecule has 0 aliphatic carbocycles. The molecule has 20 heavy (non-hydrogen) atoms. The molecular weight excluding hydrogens is 252 g/mol. The summed E-state index contributed by atoms with van der Waals surface area (Å²) in [6, 6.07) is 8.20. The monoisotopic (exact) mass is 276 g/mol. The number of hydrogen-bond acceptors (Lipinski definition) is 3. The summed E-state index contributed by atoms with van der Waals surface area (Å²) >= 11 is 0. The van der Waals surface area contributed by atoms with Gasteiger partial charge in [-0.3, -0.25) is 4.79 Å². The van der Waals surface area contributed by atoms with Crippen LogP contribution in [0.1, 0.15) is 31.7 Å². The van der Waals surface area contributed by atoms with E-state index in [1.165, 1.54) is 5.56 Å². The van der Waals surface area contributed by atoms with E-state index >= 15 is 0 Å². The normalized spacial score (nSPS) is 20.9. The van der Waals surface area contributed by atoms with Crippen LogP contribution in [0.15, 0.2) is 24.3 Å². The molecule has 1 heterocycles. The first kappa shape index (κ1) is 14.9. The van der Waals surface area contributed by atoms with Crippen molar-refractivity contribution in [2.75, 3.05) is 13.7 Å². The van der Waals surface area contributed by atoms with E-state index in [9.17, 15) is 4.79 Å². The standard InChI is InChI=1S/C16H24N2O2/c1-12(11-13-7-3-4-9-15(13)20-2)18-14-8-5-6-10-17-16(14)19/h3-4,7,9,12,14,18H,5-6,8,10-11H2,1-2H3,(H,17,19)/t12-,14-/m1/s1. The molecule has 2 atom stereocenters. The number of methoxy groups -OCH3 is 1. The van der Waals surface area contributed by atoms with Gasteiger partial charge in [0, 0.05) is 12.6 Å². The van der Waals surface area contributed by atoms with E-state index < -0.39 is 0 Å². The summed E-state index contributed by atoms with van der Waals surface area (Å²) in [4.78, 5) is 11.9. The van der Waals surface area contributed by atoms with Crippen LogP contribution in [0.5, 0.6) is 5.75 Å². The second-order valence-electron chi connectivity index (χ2n) is 5.42. The minimum absolute atomic E-state index is 0.0674. The molecule has 1 aliphatic rings. The number of nitrogens with one attached hydrogen (secondary N) is 2. The van der Waals surface area contributed by atoms with Crippen molar-refractivity contribution in [1.82, 2.24) is 10.6 Å². The molecule has 1 aromatic carbocycles. The van der Waals surface area contributed by atoms with Crippen LogP contribution < -0.4 is 15.4 Å². The Morgan fingerprint density at radius 1 is 1.40 bits per heavy atom. The van der Waals surface area contributed by atoms with Crippen LogP contribution in [-0.2, 0) is 11.2 Å². The molecule has 0 saturated carbocycles. The fourth-order valence-electron chi connectivity index (χ4n) is 2.70. The molecule has 4 heteroatoms. The molecule has 0 spiro atoms. The first-order valence-electron chi connectivity index (χ1n) is 7.36. The molecular formula is C16H24N2O2. The Morgan fingerprint density at radius 2 is 2.20 bits per heavy atom. The number of hydrogen-bond donors (Lipinski definition) is 2. The smallest absolute Gasteiger partial charge is 0.237 e. The molecule has 0 unspecified atom stereocenters. The molecule has 0 radical (unpaired) electrons. The van der Waals surface area contributed by atoms with Crippen molar-refractivity contribution in [2.24, 2.45) is 0 Å². The van der Waals surface area contributed by atoms with Crippen molar-refractivity contribution >= 4 is 5.91 Å². The van der Waals surface area contributed by atoms with Gasteiger partial charge in [-0.25, -0.2) is 0 Å². The third-order valence-electron chi connectivity index (χ3n) is 3.74. The quantitative estimate of drug-likeness (QED) is 0.863. The lowest BCUT2D eigenvalue weighted by Gasteiger charge is -2.21. The summed E-state index contributed by atoms with van der Waals surface area (Å²) < 4.78 is 5.37. The third kappa shape index (κ3) is 3.97. The number of ether oxygens (including phenoxy) is 1. The van der Waals surface area contributed by atoms with E-state index in [4.69, 9.17) is 4.74 Å². The van der Waals surface area contributed by atoms with Crippen LogP contribution in [0, 0.1) is 0 Å². The molecule has 0 aromatic heterocycles. The Hall–Kier alpha value is -1.55. The Morgan fingerprint density at radius 3 is 3.00 bits per heavy atom. The van der Waals surface area contributed by atoms with E-state index in [1.807, 2.05) is 18.2 Å². The summed E-state index contributed by atoms with van der Waals surface area (Å²) in [6.45, 7) is 2.92. The second-order valence-corrected chi connectivity index (χ2v) is 5.42. The Balaban J connectivity index is 1.94. The van der Waals surface area contributed by atoms with Crippen molar-refractivity contribution in [1.29, 1.82) is 0 Å². The van der Waals surface area contributed by atoms with Crippen LogP contribution in [-0.4, -0.2) is 31.6 Å². The van der Waals surface area contributed by atoms with Gasteiger partial charge in [0.15, 0.2) is 0 Å². The van der Waals surface area contributed by atoms with Gasteiger partial charge in [0.25, 0.3) is 0 Å². The van der Waals surface area contributed by atoms with Crippen LogP contribution in [0.25, 0.3) is 0 Å². The predicted molar refractivity (Wildman–Crippen MR) is 79.9 cm³/mol. The highest BCUT2D eigenvalue weighted by Gasteiger charge is 2.22. The topological polar surface area (TPSA) is 50.4 Å². The zero-order valence-corrected chi connectivity index (χ0v) is 12.3. The number of rotatable bonds is 5. The van der Waals surface area contributed by atoms with Crippen LogP contribution in [0.4, 0.5) is 0 Å². The van der Waals surface area contributed by atoms with Crippen molar-refractivity contribution in [2.45, 2.75) is 44.7 Å². The minimum Gasteiger partial charge on any atom is -0.496 e. The average molecular weight is 276 g/mol. The Labute approximate surface area is 120 Å². The maximum absolute atomic E-state index is 11.9. The average Bonchev–Trinajstić information content (AvgIpc) is 2.65. The Kier molecular flexibility index (Phi) is 5.41. The fraction of sp³-hybridized carbons (Fsp3) is 0.562. The maximum atomic E-state index is 11.9. The Bertz CT molecular complexity index is 448. The lowest BCUT2D eigenvalue weighted by Crippen LogP contribution is -2.47. The van der Waals surface area contributed by atoms with Gasteiger partial charge in [0.1, 0.15) is 5.75 Å². The summed E-state index contributed by atoms with van der Waals surface area (Å²) in [5, 5.41) is 6.40. The van der Waals surface area contributed by atoms with Crippen molar-refractivity contribution in [3.63, 3.8) is 0 Å². The molecule has 1 aromatic rings. The first-order valence-corrected chi connectivity index (χ1v) is 7.36. The van der Waals surface area contributed by atoms with Gasteiger partial charge in [-0.2, -0.15) is 0 Å². The van der Waals surface area contributed by atoms with E-state index in [-0.39, 0.29) is 18.0 Å². The number of amides is 1. The molecule has 110 valence electrons. The zero-order chi connectivity index (χ0) is 14.4. The van der Waals surface area contributed by atoms with E-state index in [0.717, 1.165) is 38.0 Å².